The van der Waals surface area contributed by atoms with Crippen LogP contribution in [0.25, 0.3) is 6.08 Å². The fourth-order valence-corrected chi connectivity index (χ4v) is 4.59. The highest BCUT2D eigenvalue weighted by Gasteiger charge is 2.36. The third kappa shape index (κ3) is 6.09. The molecule has 4 rings (SSSR count). The number of hydrogen-bond acceptors (Lipinski definition) is 6. The van der Waals surface area contributed by atoms with E-state index < -0.39 is 23.8 Å². The molecule has 1 heterocycles. The van der Waals surface area contributed by atoms with Crippen LogP contribution in [0.5, 0.6) is 11.5 Å². The number of nitrogens with one attached hydrogen (secondary N) is 2. The molecule has 0 saturated carbocycles. The minimum atomic E-state index is -0.870. The number of benzene rings is 3. The molecule has 0 spiro atoms. The third-order valence-electron chi connectivity index (χ3n) is 5.24. The minimum Gasteiger partial charge on any atom is -0.493 e. The van der Waals surface area contributed by atoms with Crippen LogP contribution >= 0.6 is 45.8 Å². The number of urea groups is 1. The van der Waals surface area contributed by atoms with E-state index in [1.54, 1.807) is 36.4 Å². The summed E-state index contributed by atoms with van der Waals surface area (Å²) in [5, 5.41) is 5.65. The van der Waals surface area contributed by atoms with Crippen molar-refractivity contribution in [1.82, 2.24) is 5.32 Å². The lowest BCUT2D eigenvalue weighted by Gasteiger charge is -2.26. The van der Waals surface area contributed by atoms with Crippen LogP contribution in [0.3, 0.4) is 0 Å². The Labute approximate surface area is 240 Å². The molecule has 1 fully saturated rings. The number of imide groups is 2. The van der Waals surface area contributed by atoms with Crippen LogP contribution in [-0.2, 0) is 14.4 Å². The smallest absolute Gasteiger partial charge is 0.335 e. The van der Waals surface area contributed by atoms with E-state index in [1.165, 1.54) is 37.5 Å². The minimum absolute atomic E-state index is 0.251. The van der Waals surface area contributed by atoms with Crippen molar-refractivity contribution in [1.29, 1.82) is 0 Å². The zero-order valence-corrected chi connectivity index (χ0v) is 23.3. The summed E-state index contributed by atoms with van der Waals surface area (Å²) in [6, 6.07) is 15.2. The molecule has 1 saturated heterocycles. The molecule has 0 radical (unpaired) electrons. The monoisotopic (exact) mass is 665 g/mol. The number of anilines is 2. The van der Waals surface area contributed by atoms with Gasteiger partial charge in [-0.25, -0.2) is 9.69 Å². The van der Waals surface area contributed by atoms with Gasteiger partial charge in [-0.2, -0.15) is 0 Å². The van der Waals surface area contributed by atoms with Crippen molar-refractivity contribution in [2.45, 2.75) is 0 Å². The molecule has 0 unspecified atom stereocenters. The van der Waals surface area contributed by atoms with Gasteiger partial charge in [-0.05, 0) is 82.8 Å². The Hall–Kier alpha value is -3.61. The lowest BCUT2D eigenvalue weighted by Crippen LogP contribution is -2.54. The van der Waals surface area contributed by atoms with E-state index in [1.807, 2.05) is 22.6 Å². The second kappa shape index (κ2) is 11.8. The number of rotatable bonds is 7. The summed E-state index contributed by atoms with van der Waals surface area (Å²) in [5.41, 5.74) is 0.877. The number of amides is 5. The van der Waals surface area contributed by atoms with Gasteiger partial charge in [-0.1, -0.05) is 35.3 Å². The van der Waals surface area contributed by atoms with Crippen molar-refractivity contribution in [2.24, 2.45) is 0 Å². The van der Waals surface area contributed by atoms with Crippen LogP contribution in [0.4, 0.5) is 16.2 Å². The molecule has 2 N–H and O–H groups in total. The molecule has 0 aromatic heterocycles. The summed E-state index contributed by atoms with van der Waals surface area (Å²) in [7, 11) is 1.42. The molecule has 194 valence electrons. The van der Waals surface area contributed by atoms with Crippen LogP contribution in [0.15, 0.2) is 66.2 Å². The molecular formula is C26H18Cl2IN3O6. The van der Waals surface area contributed by atoms with Crippen molar-refractivity contribution in [3.63, 3.8) is 0 Å². The lowest BCUT2D eigenvalue weighted by atomic mass is 10.1. The maximum Gasteiger partial charge on any atom is 0.335 e. The number of barbiturate groups is 1. The number of para-hydroxylation sites is 1. The zero-order chi connectivity index (χ0) is 27.4. The zero-order valence-electron chi connectivity index (χ0n) is 19.6. The Morgan fingerprint density at radius 3 is 2.47 bits per heavy atom. The highest BCUT2D eigenvalue weighted by Crippen LogP contribution is 2.35. The summed E-state index contributed by atoms with van der Waals surface area (Å²) in [6.07, 6.45) is 1.34. The van der Waals surface area contributed by atoms with Gasteiger partial charge >= 0.3 is 6.03 Å². The van der Waals surface area contributed by atoms with Crippen LogP contribution < -0.4 is 25.0 Å². The average molecular weight is 666 g/mol. The molecule has 12 heteroatoms. The van der Waals surface area contributed by atoms with Gasteiger partial charge in [0.25, 0.3) is 17.7 Å². The molecular weight excluding hydrogens is 648 g/mol. The van der Waals surface area contributed by atoms with Gasteiger partial charge in [0.1, 0.15) is 5.57 Å². The van der Waals surface area contributed by atoms with Crippen molar-refractivity contribution < 1.29 is 28.7 Å². The molecule has 1 aliphatic heterocycles. The summed E-state index contributed by atoms with van der Waals surface area (Å²) >= 11 is 14.0. The number of carbonyl (C=O) groups excluding carboxylic acids is 4. The maximum atomic E-state index is 13.1. The molecule has 0 bridgehead atoms. The first kappa shape index (κ1) is 27.4. The fraction of sp³-hybridized carbons (Fsp3) is 0.0769. The molecule has 5 amide bonds. The molecule has 38 heavy (non-hydrogen) atoms. The predicted octanol–water partition coefficient (Wildman–Crippen LogP) is 5.29. The van der Waals surface area contributed by atoms with E-state index in [4.69, 9.17) is 32.7 Å². The number of carbonyl (C=O) groups is 4. The van der Waals surface area contributed by atoms with Gasteiger partial charge in [0, 0.05) is 5.02 Å². The SMILES string of the molecule is COc1cc(/C=C2/C(=O)NC(=O)N(c3ccc(Cl)cc3)C2=O)cc(I)c1OCC(=O)Nc1ccccc1Cl. The van der Waals surface area contributed by atoms with Crippen molar-refractivity contribution in [2.75, 3.05) is 23.9 Å². The van der Waals surface area contributed by atoms with E-state index in [2.05, 4.69) is 10.6 Å². The standard InChI is InChI=1S/C26H18Cl2IN3O6/c1-37-21-12-14(11-19(29)23(21)38-13-22(33)30-20-5-3-2-4-18(20)28)10-17-24(34)31-26(36)32(25(17)35)16-8-6-15(27)7-9-16/h2-12H,13H2,1H3,(H,30,33)(H,31,34,36)/b17-10-. The van der Waals surface area contributed by atoms with Gasteiger partial charge in [0.15, 0.2) is 18.1 Å². The van der Waals surface area contributed by atoms with E-state index in [0.29, 0.717) is 30.6 Å². The van der Waals surface area contributed by atoms with Gasteiger partial charge in [0.2, 0.25) is 0 Å². The van der Waals surface area contributed by atoms with Gasteiger partial charge in [-0.3, -0.25) is 19.7 Å². The van der Waals surface area contributed by atoms with Gasteiger partial charge in [-0.15, -0.1) is 0 Å². The van der Waals surface area contributed by atoms with Crippen molar-refractivity contribution in [3.05, 3.63) is 85.4 Å². The van der Waals surface area contributed by atoms with Crippen molar-refractivity contribution in [3.8, 4) is 11.5 Å². The van der Waals surface area contributed by atoms with Gasteiger partial charge in [0.05, 0.1) is 27.1 Å². The predicted molar refractivity (Wildman–Crippen MR) is 152 cm³/mol. The molecule has 1 aliphatic rings. The van der Waals surface area contributed by atoms with Crippen LogP contribution in [-0.4, -0.2) is 37.5 Å². The lowest BCUT2D eigenvalue weighted by molar-refractivity contribution is -0.122. The van der Waals surface area contributed by atoms with E-state index in [-0.39, 0.29) is 23.6 Å². The Balaban J connectivity index is 1.56. The molecule has 3 aromatic carbocycles. The van der Waals surface area contributed by atoms with Crippen LogP contribution in [0.2, 0.25) is 10.0 Å². The third-order valence-corrected chi connectivity index (χ3v) is 6.63. The van der Waals surface area contributed by atoms with Crippen LogP contribution in [0, 0.1) is 3.57 Å². The van der Waals surface area contributed by atoms with E-state index >= 15 is 0 Å². The van der Waals surface area contributed by atoms with E-state index in [9.17, 15) is 19.2 Å². The topological polar surface area (TPSA) is 114 Å². The van der Waals surface area contributed by atoms with E-state index in [0.717, 1.165) is 4.90 Å². The largest absolute Gasteiger partial charge is 0.493 e. The highest BCUT2D eigenvalue weighted by molar-refractivity contribution is 14.1. The second-order valence-electron chi connectivity index (χ2n) is 7.79. The molecule has 0 atom stereocenters. The first-order valence-corrected chi connectivity index (χ1v) is 12.7. The highest BCUT2D eigenvalue weighted by atomic mass is 127. The molecule has 3 aromatic rings. The Bertz CT molecular complexity index is 1480. The number of nitrogens with zero attached hydrogens (tertiary/aromatic N) is 1. The number of ether oxygens (including phenoxy) is 2. The molecule has 9 nitrogen and oxygen atoms in total. The Morgan fingerprint density at radius 2 is 1.79 bits per heavy atom. The van der Waals surface area contributed by atoms with Crippen molar-refractivity contribution >= 4 is 87.0 Å². The molecule has 0 aliphatic carbocycles. The summed E-state index contributed by atoms with van der Waals surface area (Å²) in [4.78, 5) is 51.3. The number of hydrogen-bond donors (Lipinski definition) is 2. The summed E-state index contributed by atoms with van der Waals surface area (Å²) in [5.74, 6) is -1.51. The average Bonchev–Trinajstić information content (AvgIpc) is 2.88. The first-order chi connectivity index (χ1) is 18.2. The summed E-state index contributed by atoms with van der Waals surface area (Å²) in [6.45, 7) is -0.322. The normalized spacial score (nSPS) is 14.4. The van der Waals surface area contributed by atoms with Gasteiger partial charge < -0.3 is 14.8 Å². The van der Waals surface area contributed by atoms with Crippen LogP contribution in [0.1, 0.15) is 5.56 Å². The Kier molecular flexibility index (Phi) is 8.55. The fourth-order valence-electron chi connectivity index (χ4n) is 3.50. The Morgan fingerprint density at radius 1 is 1.08 bits per heavy atom. The quantitative estimate of drug-likeness (QED) is 0.201. The number of methoxy groups -OCH3 is 1. The number of halogens is 3. The first-order valence-electron chi connectivity index (χ1n) is 10.9. The summed E-state index contributed by atoms with van der Waals surface area (Å²) < 4.78 is 11.7. The maximum absolute atomic E-state index is 13.1. The second-order valence-corrected chi connectivity index (χ2v) is 9.79.